The lowest BCUT2D eigenvalue weighted by atomic mass is 10.1. The molecule has 0 aliphatic carbocycles. The van der Waals surface area contributed by atoms with Gasteiger partial charge >= 0.3 is 0 Å². The number of para-hydroxylation sites is 1. The number of nitrogens with one attached hydrogen (secondary N) is 1. The molecule has 1 N–H and O–H groups in total. The number of aromatic nitrogens is 2. The van der Waals surface area contributed by atoms with Gasteiger partial charge in [-0.15, -0.1) is 0 Å². The lowest BCUT2D eigenvalue weighted by Crippen LogP contribution is -2.44. The smallest absolute Gasteiger partial charge is 0.281 e. The van der Waals surface area contributed by atoms with Crippen LogP contribution in [-0.4, -0.2) is 59.7 Å². The van der Waals surface area contributed by atoms with E-state index in [0.717, 1.165) is 60.6 Å². The van der Waals surface area contributed by atoms with Gasteiger partial charge in [-0.1, -0.05) is 12.1 Å². The predicted octanol–water partition coefficient (Wildman–Crippen LogP) is 1.99. The Balaban J connectivity index is 1.53. The molecule has 0 saturated carbocycles. The van der Waals surface area contributed by atoms with Gasteiger partial charge < -0.3 is 10.1 Å². The Bertz CT molecular complexity index is 989. The van der Waals surface area contributed by atoms with E-state index in [4.69, 9.17) is 4.74 Å². The Morgan fingerprint density at radius 1 is 1.12 bits per heavy atom. The van der Waals surface area contributed by atoms with Crippen molar-refractivity contribution < 1.29 is 9.53 Å². The molecule has 3 aromatic rings. The fourth-order valence-electron chi connectivity index (χ4n) is 3.81. The van der Waals surface area contributed by atoms with E-state index in [0.29, 0.717) is 12.3 Å². The summed E-state index contributed by atoms with van der Waals surface area (Å²) in [4.78, 5) is 19.7. The molecular formula is C20H20N4O2. The van der Waals surface area contributed by atoms with Crippen molar-refractivity contribution in [2.75, 3.05) is 39.3 Å². The van der Waals surface area contributed by atoms with Crippen LogP contribution in [-0.2, 0) is 0 Å². The van der Waals surface area contributed by atoms with E-state index in [1.54, 1.807) is 10.8 Å². The molecule has 5 rings (SSSR count). The van der Waals surface area contributed by atoms with Crippen LogP contribution >= 0.6 is 0 Å². The number of nitrogens with zero attached hydrogens (tertiary/aromatic N) is 3. The molecule has 0 bridgehead atoms. The molecule has 2 aliphatic rings. The van der Waals surface area contributed by atoms with Gasteiger partial charge in [0.15, 0.2) is 0 Å². The molecule has 0 spiro atoms. The van der Waals surface area contributed by atoms with Gasteiger partial charge in [0.05, 0.1) is 16.8 Å². The van der Waals surface area contributed by atoms with Crippen LogP contribution < -0.4 is 10.1 Å². The third-order valence-corrected chi connectivity index (χ3v) is 5.13. The molecule has 0 radical (unpaired) electrons. The average molecular weight is 348 g/mol. The molecule has 2 aliphatic heterocycles. The van der Waals surface area contributed by atoms with Gasteiger partial charge in [-0.3, -0.25) is 14.3 Å². The molecule has 6 nitrogen and oxygen atoms in total. The normalized spacial score (nSPS) is 16.7. The van der Waals surface area contributed by atoms with Crippen molar-refractivity contribution in [2.45, 2.75) is 0 Å². The Kier molecular flexibility index (Phi) is 3.72. The third kappa shape index (κ3) is 2.41. The molecule has 132 valence electrons. The van der Waals surface area contributed by atoms with E-state index in [1.807, 2.05) is 36.4 Å². The van der Waals surface area contributed by atoms with Crippen LogP contribution in [0, 0.1) is 0 Å². The zero-order valence-corrected chi connectivity index (χ0v) is 14.4. The Hall–Kier alpha value is -2.70. The highest BCUT2D eigenvalue weighted by Gasteiger charge is 2.32. The van der Waals surface area contributed by atoms with E-state index < -0.39 is 0 Å². The maximum atomic E-state index is 12.7. The van der Waals surface area contributed by atoms with Crippen LogP contribution in [0.25, 0.3) is 22.2 Å². The van der Waals surface area contributed by atoms with E-state index >= 15 is 0 Å². The van der Waals surface area contributed by atoms with E-state index in [-0.39, 0.29) is 5.91 Å². The van der Waals surface area contributed by atoms with Gasteiger partial charge in [-0.05, 0) is 24.3 Å². The summed E-state index contributed by atoms with van der Waals surface area (Å²) in [6.07, 6.45) is 1.79. The molecule has 1 fully saturated rings. The van der Waals surface area contributed by atoms with Gasteiger partial charge in [-0.2, -0.15) is 0 Å². The first-order valence-corrected chi connectivity index (χ1v) is 9.04. The Morgan fingerprint density at radius 2 is 1.96 bits per heavy atom. The minimum Gasteiger partial charge on any atom is -0.491 e. The highest BCUT2D eigenvalue weighted by molar-refractivity contribution is 6.12. The summed E-state index contributed by atoms with van der Waals surface area (Å²) >= 11 is 0. The number of carbonyl (C=O) groups excluding carboxylic acids is 1. The summed E-state index contributed by atoms with van der Waals surface area (Å²) in [7, 11) is 0. The van der Waals surface area contributed by atoms with Crippen molar-refractivity contribution in [3.63, 3.8) is 0 Å². The first-order valence-electron chi connectivity index (χ1n) is 9.04. The van der Waals surface area contributed by atoms with E-state index in [1.165, 1.54) is 0 Å². The Morgan fingerprint density at radius 3 is 2.85 bits per heavy atom. The average Bonchev–Trinajstić information content (AvgIpc) is 3.25. The van der Waals surface area contributed by atoms with Crippen LogP contribution in [0.1, 0.15) is 10.5 Å². The predicted molar refractivity (Wildman–Crippen MR) is 99.7 cm³/mol. The van der Waals surface area contributed by atoms with Crippen LogP contribution in [0.3, 0.4) is 0 Å². The minimum atomic E-state index is -0.0855. The second-order valence-corrected chi connectivity index (χ2v) is 6.69. The summed E-state index contributed by atoms with van der Waals surface area (Å²) in [6.45, 7) is 5.60. The van der Waals surface area contributed by atoms with Crippen molar-refractivity contribution in [1.82, 2.24) is 19.8 Å². The number of hydrogen-bond acceptors (Lipinski definition) is 5. The molecule has 1 saturated heterocycles. The number of fused-ring (bicyclic) bond motifs is 4. The fourth-order valence-corrected chi connectivity index (χ4v) is 3.81. The number of rotatable bonds is 4. The topological polar surface area (TPSA) is 59.4 Å². The fraction of sp³-hybridized carbons (Fsp3) is 0.300. The van der Waals surface area contributed by atoms with Crippen LogP contribution in [0.4, 0.5) is 0 Å². The van der Waals surface area contributed by atoms with Crippen LogP contribution in [0.5, 0.6) is 5.75 Å². The minimum absolute atomic E-state index is 0.0855. The maximum absolute atomic E-state index is 12.7. The van der Waals surface area contributed by atoms with Gasteiger partial charge in [0.1, 0.15) is 18.1 Å². The molecule has 0 atom stereocenters. The molecule has 0 unspecified atom stereocenters. The summed E-state index contributed by atoms with van der Waals surface area (Å²) < 4.78 is 7.92. The van der Waals surface area contributed by atoms with Crippen LogP contribution in [0.15, 0.2) is 42.6 Å². The highest BCUT2D eigenvalue weighted by atomic mass is 16.5. The molecule has 4 heterocycles. The van der Waals surface area contributed by atoms with Crippen molar-refractivity contribution in [3.8, 4) is 17.0 Å². The third-order valence-electron chi connectivity index (χ3n) is 5.13. The van der Waals surface area contributed by atoms with Gasteiger partial charge in [0, 0.05) is 44.3 Å². The maximum Gasteiger partial charge on any atom is 0.281 e. The number of carbonyl (C=O) groups is 1. The number of benzene rings is 1. The van der Waals surface area contributed by atoms with E-state index in [2.05, 4.69) is 15.2 Å². The number of piperazine rings is 1. The Labute approximate surface area is 151 Å². The zero-order chi connectivity index (χ0) is 17.5. The van der Waals surface area contributed by atoms with Crippen molar-refractivity contribution in [1.29, 1.82) is 0 Å². The molecule has 1 aromatic carbocycles. The first kappa shape index (κ1) is 15.5. The van der Waals surface area contributed by atoms with Gasteiger partial charge in [0.2, 0.25) is 0 Å². The van der Waals surface area contributed by atoms with Gasteiger partial charge in [-0.25, -0.2) is 4.98 Å². The summed E-state index contributed by atoms with van der Waals surface area (Å²) in [5.74, 6) is 0.684. The lowest BCUT2D eigenvalue weighted by molar-refractivity contribution is 0.0965. The van der Waals surface area contributed by atoms with Crippen molar-refractivity contribution in [3.05, 3.63) is 48.3 Å². The lowest BCUT2D eigenvalue weighted by Gasteiger charge is -2.27. The second kappa shape index (κ2) is 6.23. The molecule has 6 heteroatoms. The first-order chi connectivity index (χ1) is 12.8. The monoisotopic (exact) mass is 348 g/mol. The van der Waals surface area contributed by atoms with E-state index in [9.17, 15) is 4.79 Å². The summed E-state index contributed by atoms with van der Waals surface area (Å²) in [5, 5.41) is 4.32. The molecular weight excluding hydrogens is 328 g/mol. The zero-order valence-electron chi connectivity index (χ0n) is 14.4. The van der Waals surface area contributed by atoms with Gasteiger partial charge in [0.25, 0.3) is 5.91 Å². The molecule has 2 aromatic heterocycles. The second-order valence-electron chi connectivity index (χ2n) is 6.69. The number of hydrogen-bond donors (Lipinski definition) is 1. The van der Waals surface area contributed by atoms with Crippen LogP contribution in [0.2, 0.25) is 0 Å². The number of ether oxygens (including phenoxy) is 1. The standard InChI is InChI=1S/C20H20N4O2/c25-20-18-17(16-6-3-9-24(16)20)19(14-4-1-2-5-15(14)22-18)26-13-12-23-10-7-21-8-11-23/h1-6,9,21H,7-8,10-13H2. The van der Waals surface area contributed by atoms with Crippen molar-refractivity contribution >= 4 is 16.8 Å². The highest BCUT2D eigenvalue weighted by Crippen LogP contribution is 2.42. The quantitative estimate of drug-likeness (QED) is 0.611. The molecule has 0 amide bonds. The summed E-state index contributed by atoms with van der Waals surface area (Å²) in [6, 6.07) is 11.7. The molecule has 26 heavy (non-hydrogen) atoms. The summed E-state index contributed by atoms with van der Waals surface area (Å²) in [5.41, 5.74) is 2.96. The SMILES string of the molecule is O=C1c2nc3ccccc3c(OCCN3CCNCC3)c2-c2cccn21. The number of pyridine rings is 1. The largest absolute Gasteiger partial charge is 0.491 e. The van der Waals surface area contributed by atoms with Crippen molar-refractivity contribution in [2.24, 2.45) is 0 Å².